The molecule has 0 aliphatic carbocycles. The van der Waals surface area contributed by atoms with Gasteiger partial charge in [-0.2, -0.15) is 0 Å². The van der Waals surface area contributed by atoms with Gasteiger partial charge in [-0.05, 0) is 12.0 Å². The first-order chi connectivity index (χ1) is 9.85. The Hall–Kier alpha value is -0.860. The maximum Gasteiger partial charge on any atom is 0.103 e. The van der Waals surface area contributed by atoms with Gasteiger partial charge in [0.05, 0.1) is 32.2 Å². The van der Waals surface area contributed by atoms with Crippen LogP contribution < -0.4 is 9.80 Å². The van der Waals surface area contributed by atoms with Crippen LogP contribution in [0.2, 0.25) is 0 Å². The molecule has 1 aromatic rings. The van der Waals surface area contributed by atoms with Gasteiger partial charge in [-0.1, -0.05) is 31.2 Å². The van der Waals surface area contributed by atoms with Crippen molar-refractivity contribution in [3.8, 4) is 0 Å². The van der Waals surface area contributed by atoms with Crippen LogP contribution in [0.25, 0.3) is 0 Å². The minimum atomic E-state index is 0.976. The van der Waals surface area contributed by atoms with Crippen molar-refractivity contribution in [2.45, 2.75) is 51.6 Å². The molecule has 2 saturated heterocycles. The van der Waals surface area contributed by atoms with E-state index in [9.17, 15) is 0 Å². The van der Waals surface area contributed by atoms with E-state index in [1.807, 2.05) is 4.90 Å². The van der Waals surface area contributed by atoms with E-state index < -0.39 is 0 Å². The third-order valence-electron chi connectivity index (χ3n) is 5.40. The van der Waals surface area contributed by atoms with Gasteiger partial charge in [-0.3, -0.25) is 0 Å². The lowest BCUT2D eigenvalue weighted by atomic mass is 10.0. The van der Waals surface area contributed by atoms with E-state index in [2.05, 4.69) is 31.2 Å². The summed E-state index contributed by atoms with van der Waals surface area (Å²) in [6, 6.07) is 10.3. The van der Waals surface area contributed by atoms with Crippen molar-refractivity contribution in [2.75, 3.05) is 26.2 Å². The zero-order valence-corrected chi connectivity index (χ0v) is 13.0. The van der Waals surface area contributed by atoms with Gasteiger partial charge >= 0.3 is 0 Å². The molecule has 2 aliphatic rings. The first-order valence-corrected chi connectivity index (χ1v) is 8.61. The van der Waals surface area contributed by atoms with Gasteiger partial charge in [0.1, 0.15) is 6.54 Å². The van der Waals surface area contributed by atoms with E-state index >= 15 is 0 Å². The highest BCUT2D eigenvalue weighted by Crippen LogP contribution is 2.05. The number of piperidine rings is 1. The molecule has 2 N–H and O–H groups in total. The minimum Gasteiger partial charge on any atom is -0.332 e. The minimum absolute atomic E-state index is 0.976. The molecule has 2 nitrogen and oxygen atoms in total. The SMILES string of the molecule is CCc1ccc(C[NH+]2CCC([NH+]3CCCC3)CC2)cc1. The third kappa shape index (κ3) is 3.42. The highest BCUT2D eigenvalue weighted by molar-refractivity contribution is 5.21. The molecule has 2 fully saturated rings. The first-order valence-electron chi connectivity index (χ1n) is 8.61. The molecule has 2 heteroatoms. The van der Waals surface area contributed by atoms with Crippen molar-refractivity contribution in [1.82, 2.24) is 0 Å². The molecule has 2 aliphatic heterocycles. The molecule has 0 aromatic heterocycles. The number of hydrogen-bond acceptors (Lipinski definition) is 0. The lowest BCUT2D eigenvalue weighted by molar-refractivity contribution is -0.957. The summed E-state index contributed by atoms with van der Waals surface area (Å²) in [6.45, 7) is 9.10. The summed E-state index contributed by atoms with van der Waals surface area (Å²) in [7, 11) is 0. The van der Waals surface area contributed by atoms with Crippen LogP contribution in [0.15, 0.2) is 24.3 Å². The molecule has 2 heterocycles. The van der Waals surface area contributed by atoms with Gasteiger partial charge in [0.2, 0.25) is 0 Å². The summed E-state index contributed by atoms with van der Waals surface area (Å²) < 4.78 is 0. The van der Waals surface area contributed by atoms with Crippen molar-refractivity contribution in [1.29, 1.82) is 0 Å². The second-order valence-electron chi connectivity index (χ2n) is 6.74. The molecule has 0 radical (unpaired) electrons. The van der Waals surface area contributed by atoms with Crippen molar-refractivity contribution in [2.24, 2.45) is 0 Å². The Bertz CT molecular complexity index is 398. The Balaban J connectivity index is 1.47. The molecule has 0 saturated carbocycles. The van der Waals surface area contributed by atoms with Gasteiger partial charge in [-0.15, -0.1) is 0 Å². The van der Waals surface area contributed by atoms with Crippen LogP contribution in [-0.2, 0) is 13.0 Å². The number of benzene rings is 1. The third-order valence-corrected chi connectivity index (χ3v) is 5.40. The average Bonchev–Trinajstić information content (AvgIpc) is 3.03. The molecule has 0 unspecified atom stereocenters. The monoisotopic (exact) mass is 274 g/mol. The first kappa shape index (κ1) is 14.1. The predicted octanol–water partition coefficient (Wildman–Crippen LogP) is 0.475. The number of aryl methyl sites for hydroxylation is 1. The summed E-state index contributed by atoms with van der Waals surface area (Å²) in [4.78, 5) is 3.71. The standard InChI is InChI=1S/C18H28N2/c1-2-16-5-7-17(8-6-16)15-19-13-9-18(10-14-19)20-11-3-4-12-20/h5-8,18H,2-4,9-15H2,1H3/p+2. The van der Waals surface area contributed by atoms with Crippen molar-refractivity contribution >= 4 is 0 Å². The zero-order chi connectivity index (χ0) is 13.8. The second kappa shape index (κ2) is 6.73. The van der Waals surface area contributed by atoms with E-state index in [4.69, 9.17) is 0 Å². The van der Waals surface area contributed by atoms with E-state index in [0.717, 1.165) is 12.5 Å². The molecular formula is C18H30N2+2. The number of rotatable bonds is 4. The molecule has 20 heavy (non-hydrogen) atoms. The van der Waals surface area contributed by atoms with E-state index in [1.54, 1.807) is 4.90 Å². The largest absolute Gasteiger partial charge is 0.332 e. The highest BCUT2D eigenvalue weighted by atomic mass is 15.2. The quantitative estimate of drug-likeness (QED) is 0.790. The lowest BCUT2D eigenvalue weighted by Gasteiger charge is -2.32. The summed E-state index contributed by atoms with van der Waals surface area (Å²) in [6.07, 6.45) is 6.96. The number of nitrogens with one attached hydrogen (secondary N) is 2. The topological polar surface area (TPSA) is 8.88 Å². The maximum absolute atomic E-state index is 2.34. The fourth-order valence-electron chi connectivity index (χ4n) is 4.03. The Morgan fingerprint density at radius 3 is 2.10 bits per heavy atom. The van der Waals surface area contributed by atoms with Crippen LogP contribution in [0.5, 0.6) is 0 Å². The van der Waals surface area contributed by atoms with Gasteiger partial charge < -0.3 is 9.80 Å². The number of hydrogen-bond donors (Lipinski definition) is 2. The Kier molecular flexibility index (Phi) is 4.74. The molecular weight excluding hydrogens is 244 g/mol. The van der Waals surface area contributed by atoms with Crippen LogP contribution in [0.3, 0.4) is 0 Å². The molecule has 0 spiro atoms. The van der Waals surface area contributed by atoms with Gasteiger partial charge in [-0.25, -0.2) is 0 Å². The molecule has 3 rings (SSSR count). The smallest absolute Gasteiger partial charge is 0.103 e. The van der Waals surface area contributed by atoms with Crippen molar-refractivity contribution in [3.05, 3.63) is 35.4 Å². The summed E-state index contributed by atoms with van der Waals surface area (Å²) in [5.74, 6) is 0. The van der Waals surface area contributed by atoms with Gasteiger partial charge in [0.15, 0.2) is 0 Å². The fourth-order valence-corrected chi connectivity index (χ4v) is 4.03. The highest BCUT2D eigenvalue weighted by Gasteiger charge is 2.31. The molecule has 0 amide bonds. The van der Waals surface area contributed by atoms with Crippen LogP contribution in [0.4, 0.5) is 0 Å². The second-order valence-corrected chi connectivity index (χ2v) is 6.74. The zero-order valence-electron chi connectivity index (χ0n) is 13.0. The molecule has 110 valence electrons. The van der Waals surface area contributed by atoms with Crippen LogP contribution in [-0.4, -0.2) is 32.2 Å². The van der Waals surface area contributed by atoms with E-state index in [-0.39, 0.29) is 0 Å². The Labute approximate surface area is 123 Å². The Morgan fingerprint density at radius 2 is 1.50 bits per heavy atom. The molecule has 0 bridgehead atoms. The lowest BCUT2D eigenvalue weighted by Crippen LogP contribution is -3.19. The molecule has 0 atom stereocenters. The van der Waals surface area contributed by atoms with Gasteiger partial charge in [0.25, 0.3) is 0 Å². The summed E-state index contributed by atoms with van der Waals surface area (Å²) in [5, 5.41) is 0. The predicted molar refractivity (Wildman–Crippen MR) is 83.2 cm³/mol. The fraction of sp³-hybridized carbons (Fsp3) is 0.667. The summed E-state index contributed by atoms with van der Waals surface area (Å²) >= 11 is 0. The normalized spacial score (nSPS) is 27.9. The Morgan fingerprint density at radius 1 is 0.900 bits per heavy atom. The van der Waals surface area contributed by atoms with Crippen molar-refractivity contribution < 1.29 is 9.80 Å². The maximum atomic E-state index is 2.34. The van der Waals surface area contributed by atoms with E-state index in [1.165, 1.54) is 69.5 Å². The van der Waals surface area contributed by atoms with Crippen LogP contribution in [0, 0.1) is 0 Å². The van der Waals surface area contributed by atoms with Crippen LogP contribution in [0.1, 0.15) is 43.7 Å². The van der Waals surface area contributed by atoms with E-state index in [0.29, 0.717) is 0 Å². The van der Waals surface area contributed by atoms with Gasteiger partial charge in [0, 0.05) is 31.2 Å². The summed E-state index contributed by atoms with van der Waals surface area (Å²) in [5.41, 5.74) is 2.98. The molecule has 1 aromatic carbocycles. The number of quaternary nitrogens is 2. The number of likely N-dealkylation sites (tertiary alicyclic amines) is 2. The average molecular weight is 274 g/mol. The van der Waals surface area contributed by atoms with Crippen LogP contribution >= 0.6 is 0 Å². The van der Waals surface area contributed by atoms with Crippen molar-refractivity contribution in [3.63, 3.8) is 0 Å².